The van der Waals surface area contributed by atoms with Crippen molar-refractivity contribution in [1.29, 1.82) is 0 Å². The molecule has 0 atom stereocenters. The molecule has 0 radical (unpaired) electrons. The highest BCUT2D eigenvalue weighted by Gasteiger charge is 2.05. The third kappa shape index (κ3) is 4.47. The van der Waals surface area contributed by atoms with Crippen molar-refractivity contribution in [3.05, 3.63) is 78.9 Å². The van der Waals surface area contributed by atoms with Gasteiger partial charge in [-0.15, -0.1) is 0 Å². The van der Waals surface area contributed by atoms with Crippen LogP contribution in [0.4, 0.5) is 0 Å². The first kappa shape index (κ1) is 16.8. The Kier molecular flexibility index (Phi) is 5.04. The summed E-state index contributed by atoms with van der Waals surface area (Å²) >= 11 is 0.843. The minimum atomic E-state index is -3.45. The van der Waals surface area contributed by atoms with Crippen molar-refractivity contribution in [2.45, 2.75) is 4.90 Å². The Hall–Kier alpha value is -2.08. The Morgan fingerprint density at radius 2 is 1.08 bits per heavy atom. The lowest BCUT2D eigenvalue weighted by atomic mass is 10.0. The summed E-state index contributed by atoms with van der Waals surface area (Å²) in [5.74, 6) is 0. The van der Waals surface area contributed by atoms with Crippen LogP contribution in [0, 0.1) is 0 Å². The molecule has 0 N–H and O–H groups in total. The summed E-state index contributed by atoms with van der Waals surface area (Å²) in [5, 5.41) is 0. The lowest BCUT2D eigenvalue weighted by molar-refractivity contribution is 0.525. The molecule has 5 heteroatoms. The van der Waals surface area contributed by atoms with Crippen LogP contribution in [0.15, 0.2) is 83.8 Å². The summed E-state index contributed by atoms with van der Waals surface area (Å²) in [6.45, 7) is 0. The van der Waals surface area contributed by atoms with Crippen molar-refractivity contribution >= 4 is 22.2 Å². The van der Waals surface area contributed by atoms with Gasteiger partial charge in [-0.2, -0.15) is 12.0 Å². The van der Waals surface area contributed by atoms with Crippen LogP contribution < -0.4 is 0 Å². The molecule has 0 spiro atoms. The van der Waals surface area contributed by atoms with E-state index in [1.165, 1.54) is 11.1 Å². The number of rotatable bonds is 5. The molecular weight excluding hydrogens is 340 g/mol. The van der Waals surface area contributed by atoms with E-state index in [0.717, 1.165) is 34.3 Å². The summed E-state index contributed by atoms with van der Waals surface area (Å²) in [7, 11) is -3.45. The van der Waals surface area contributed by atoms with Crippen LogP contribution in [-0.4, -0.2) is 14.7 Å². The van der Waals surface area contributed by atoms with Gasteiger partial charge in [-0.3, -0.25) is 0 Å². The summed E-state index contributed by atoms with van der Waals surface area (Å²) in [5.41, 5.74) is 4.54. The second kappa shape index (κ2) is 7.21. The third-order valence-electron chi connectivity index (χ3n) is 3.43. The molecule has 0 unspecified atom stereocenters. The van der Waals surface area contributed by atoms with Crippen molar-refractivity contribution < 1.29 is 12.0 Å². The Bertz CT molecular complexity index is 901. The van der Waals surface area contributed by atoms with Gasteiger partial charge in [0.25, 0.3) is 10.1 Å². The van der Waals surface area contributed by atoms with Gasteiger partial charge in [-0.1, -0.05) is 66.7 Å². The molecule has 3 rings (SSSR count). The molecular formula is C19H16O3S2. The van der Waals surface area contributed by atoms with E-state index in [2.05, 4.69) is 36.4 Å². The number of hydrogen-bond donors (Lipinski definition) is 0. The molecule has 0 fully saturated rings. The fraction of sp³-hybridized carbons (Fsp3) is 0.0526. The molecule has 0 aliphatic carbocycles. The van der Waals surface area contributed by atoms with Gasteiger partial charge in [0.05, 0.1) is 6.26 Å². The van der Waals surface area contributed by atoms with E-state index >= 15 is 0 Å². The zero-order valence-corrected chi connectivity index (χ0v) is 14.7. The van der Waals surface area contributed by atoms with Gasteiger partial charge < -0.3 is 0 Å². The van der Waals surface area contributed by atoms with Gasteiger partial charge in [0, 0.05) is 16.9 Å². The van der Waals surface area contributed by atoms with E-state index < -0.39 is 10.1 Å². The van der Waals surface area contributed by atoms with Gasteiger partial charge in [0.2, 0.25) is 0 Å². The molecule has 0 bridgehead atoms. The van der Waals surface area contributed by atoms with Crippen LogP contribution in [0.2, 0.25) is 0 Å². The fourth-order valence-corrected chi connectivity index (χ4v) is 3.35. The average Bonchev–Trinajstić information content (AvgIpc) is 2.61. The van der Waals surface area contributed by atoms with Crippen LogP contribution in [0.25, 0.3) is 22.3 Å². The van der Waals surface area contributed by atoms with E-state index in [-0.39, 0.29) is 0 Å². The van der Waals surface area contributed by atoms with E-state index in [0.29, 0.717) is 0 Å². The molecule has 3 nitrogen and oxygen atoms in total. The molecule has 3 aromatic carbocycles. The Labute approximate surface area is 146 Å². The predicted octanol–water partition coefficient (Wildman–Crippen LogP) is 5.00. The van der Waals surface area contributed by atoms with Gasteiger partial charge in [-0.25, -0.2) is 0 Å². The van der Waals surface area contributed by atoms with Crippen molar-refractivity contribution in [3.8, 4) is 22.3 Å². The zero-order chi connectivity index (χ0) is 17.0. The lowest BCUT2D eigenvalue weighted by Gasteiger charge is -2.06. The molecule has 0 amide bonds. The first-order valence-electron chi connectivity index (χ1n) is 7.33. The smallest absolute Gasteiger partial charge is 0.199 e. The monoisotopic (exact) mass is 356 g/mol. The molecule has 0 aliphatic rings. The SMILES string of the molecule is CS(=O)(=O)OSc1ccc(-c2ccc(-c3ccccc3)cc2)cc1. The average molecular weight is 356 g/mol. The fourth-order valence-electron chi connectivity index (χ4n) is 2.29. The summed E-state index contributed by atoms with van der Waals surface area (Å²) in [6, 6.07) is 26.2. The second-order valence-corrected chi connectivity index (χ2v) is 7.91. The van der Waals surface area contributed by atoms with Crippen molar-refractivity contribution in [1.82, 2.24) is 0 Å². The van der Waals surface area contributed by atoms with E-state index in [1.807, 2.05) is 42.5 Å². The summed E-state index contributed by atoms with van der Waals surface area (Å²) in [6.07, 6.45) is 1.03. The highest BCUT2D eigenvalue weighted by Crippen LogP contribution is 2.27. The Morgan fingerprint density at radius 1 is 0.667 bits per heavy atom. The van der Waals surface area contributed by atoms with E-state index in [9.17, 15) is 8.42 Å². The number of benzene rings is 3. The van der Waals surface area contributed by atoms with E-state index in [4.69, 9.17) is 3.63 Å². The summed E-state index contributed by atoms with van der Waals surface area (Å²) < 4.78 is 26.7. The number of hydrogen-bond acceptors (Lipinski definition) is 4. The minimum absolute atomic E-state index is 0.741. The maximum atomic E-state index is 11.0. The summed E-state index contributed by atoms with van der Waals surface area (Å²) in [4.78, 5) is 0.741. The lowest BCUT2D eigenvalue weighted by Crippen LogP contribution is -1.95. The highest BCUT2D eigenvalue weighted by atomic mass is 32.3. The Morgan fingerprint density at radius 3 is 1.54 bits per heavy atom. The normalized spacial score (nSPS) is 11.4. The second-order valence-electron chi connectivity index (χ2n) is 5.32. The highest BCUT2D eigenvalue weighted by molar-refractivity contribution is 8.04. The van der Waals surface area contributed by atoms with Crippen molar-refractivity contribution in [2.75, 3.05) is 6.26 Å². The molecule has 0 aromatic heterocycles. The topological polar surface area (TPSA) is 43.4 Å². The van der Waals surface area contributed by atoms with Crippen molar-refractivity contribution in [3.63, 3.8) is 0 Å². The van der Waals surface area contributed by atoms with Crippen LogP contribution in [0.3, 0.4) is 0 Å². The van der Waals surface area contributed by atoms with Crippen LogP contribution in [0.5, 0.6) is 0 Å². The van der Waals surface area contributed by atoms with Crippen LogP contribution >= 0.6 is 12.0 Å². The molecule has 122 valence electrons. The maximum Gasteiger partial charge on any atom is 0.275 e. The molecule has 0 heterocycles. The standard InChI is InChI=1S/C19H16O3S2/c1-24(20,21)22-23-19-13-11-18(12-14-19)17-9-7-16(8-10-17)15-5-3-2-4-6-15/h2-14H,1H3. The van der Waals surface area contributed by atoms with Gasteiger partial charge in [0.1, 0.15) is 0 Å². The quantitative estimate of drug-likeness (QED) is 0.603. The predicted molar refractivity (Wildman–Crippen MR) is 99.1 cm³/mol. The first-order valence-corrected chi connectivity index (χ1v) is 9.89. The molecule has 0 aliphatic heterocycles. The van der Waals surface area contributed by atoms with Gasteiger partial charge in [0.15, 0.2) is 0 Å². The molecule has 0 saturated heterocycles. The van der Waals surface area contributed by atoms with Gasteiger partial charge in [-0.05, 0) is 34.4 Å². The van der Waals surface area contributed by atoms with Crippen LogP contribution in [-0.2, 0) is 13.7 Å². The Balaban J connectivity index is 1.75. The van der Waals surface area contributed by atoms with E-state index in [1.54, 1.807) is 0 Å². The van der Waals surface area contributed by atoms with Crippen LogP contribution in [0.1, 0.15) is 0 Å². The zero-order valence-electron chi connectivity index (χ0n) is 13.0. The first-order chi connectivity index (χ1) is 11.5. The minimum Gasteiger partial charge on any atom is -0.199 e. The van der Waals surface area contributed by atoms with Crippen molar-refractivity contribution in [2.24, 2.45) is 0 Å². The third-order valence-corrected chi connectivity index (χ3v) is 5.16. The molecule has 0 saturated carbocycles. The van der Waals surface area contributed by atoms with Gasteiger partial charge >= 0.3 is 0 Å². The molecule has 24 heavy (non-hydrogen) atoms. The molecule has 3 aromatic rings. The maximum absolute atomic E-state index is 11.0. The largest absolute Gasteiger partial charge is 0.275 e.